The van der Waals surface area contributed by atoms with Gasteiger partial charge in [-0.2, -0.15) is 0 Å². The summed E-state index contributed by atoms with van der Waals surface area (Å²) < 4.78 is 0. The number of rotatable bonds is 4. The molecule has 0 bridgehead atoms. The van der Waals surface area contributed by atoms with Crippen LogP contribution >= 0.6 is 0 Å². The fourth-order valence-electron chi connectivity index (χ4n) is 1.30. The molecular formula is C11H15N3O3. The molecule has 0 spiro atoms. The summed E-state index contributed by atoms with van der Waals surface area (Å²) in [6.07, 6.45) is 0. The zero-order valence-electron chi connectivity index (χ0n) is 9.98. The van der Waals surface area contributed by atoms with Crippen LogP contribution in [-0.2, 0) is 4.79 Å². The van der Waals surface area contributed by atoms with E-state index in [4.69, 9.17) is 5.73 Å². The second-order valence-corrected chi connectivity index (χ2v) is 4.39. The van der Waals surface area contributed by atoms with E-state index in [9.17, 15) is 14.9 Å². The van der Waals surface area contributed by atoms with Crippen LogP contribution in [0.5, 0.6) is 0 Å². The number of hydrogen-bond acceptors (Lipinski definition) is 4. The highest BCUT2D eigenvalue weighted by molar-refractivity contribution is 5.87. The van der Waals surface area contributed by atoms with Crippen molar-refractivity contribution >= 4 is 17.3 Å². The van der Waals surface area contributed by atoms with Crippen molar-refractivity contribution in [2.75, 3.05) is 5.32 Å². The van der Waals surface area contributed by atoms with Crippen molar-refractivity contribution < 1.29 is 9.72 Å². The second kappa shape index (κ2) is 4.40. The van der Waals surface area contributed by atoms with Gasteiger partial charge in [0.1, 0.15) is 11.2 Å². The SMILES string of the molecule is Cc1ccc(NC(C)(C)C(N)=O)c([N+](=O)[O-])c1. The number of amides is 1. The van der Waals surface area contributed by atoms with Gasteiger partial charge < -0.3 is 11.1 Å². The third-order valence-corrected chi connectivity index (χ3v) is 2.41. The minimum absolute atomic E-state index is 0.0701. The van der Waals surface area contributed by atoms with Crippen LogP contribution in [0.15, 0.2) is 18.2 Å². The van der Waals surface area contributed by atoms with E-state index >= 15 is 0 Å². The summed E-state index contributed by atoms with van der Waals surface area (Å²) in [5.41, 5.74) is 5.15. The molecule has 1 rings (SSSR count). The van der Waals surface area contributed by atoms with Crippen LogP contribution in [0.1, 0.15) is 19.4 Å². The Balaban J connectivity index is 3.15. The predicted octanol–water partition coefficient (Wildman–Crippen LogP) is 1.58. The van der Waals surface area contributed by atoms with Crippen LogP contribution in [0.2, 0.25) is 0 Å². The highest BCUT2D eigenvalue weighted by atomic mass is 16.6. The van der Waals surface area contributed by atoms with Crippen LogP contribution in [0.3, 0.4) is 0 Å². The maximum absolute atomic E-state index is 11.2. The molecule has 0 atom stereocenters. The number of primary amides is 1. The third kappa shape index (κ3) is 2.93. The van der Waals surface area contributed by atoms with Gasteiger partial charge in [-0.3, -0.25) is 14.9 Å². The summed E-state index contributed by atoms with van der Waals surface area (Å²) in [6, 6.07) is 4.74. The van der Waals surface area contributed by atoms with Gasteiger partial charge in [0, 0.05) is 6.07 Å². The number of benzene rings is 1. The molecule has 0 saturated heterocycles. The van der Waals surface area contributed by atoms with E-state index in [0.29, 0.717) is 0 Å². The first-order valence-corrected chi connectivity index (χ1v) is 5.07. The highest BCUT2D eigenvalue weighted by Crippen LogP contribution is 2.27. The van der Waals surface area contributed by atoms with E-state index in [2.05, 4.69) is 5.32 Å². The average Bonchev–Trinajstić information content (AvgIpc) is 2.19. The molecule has 3 N–H and O–H groups in total. The number of nitrogens with two attached hydrogens (primary N) is 1. The number of anilines is 1. The Morgan fingerprint density at radius 3 is 2.53 bits per heavy atom. The van der Waals surface area contributed by atoms with E-state index in [-0.39, 0.29) is 11.4 Å². The zero-order valence-corrected chi connectivity index (χ0v) is 9.98. The average molecular weight is 237 g/mol. The molecule has 0 saturated carbocycles. The van der Waals surface area contributed by atoms with Gasteiger partial charge in [0.15, 0.2) is 0 Å². The van der Waals surface area contributed by atoms with Gasteiger partial charge in [0.25, 0.3) is 5.69 Å². The first kappa shape index (κ1) is 13.0. The van der Waals surface area contributed by atoms with Crippen molar-refractivity contribution in [2.45, 2.75) is 26.3 Å². The molecule has 0 heterocycles. The fraction of sp³-hybridized carbons (Fsp3) is 0.364. The quantitative estimate of drug-likeness (QED) is 0.613. The zero-order chi connectivity index (χ0) is 13.2. The van der Waals surface area contributed by atoms with Gasteiger partial charge in [-0.15, -0.1) is 0 Å². The maximum Gasteiger partial charge on any atom is 0.292 e. The van der Waals surface area contributed by atoms with Gasteiger partial charge in [0.05, 0.1) is 4.92 Å². The van der Waals surface area contributed by atoms with Gasteiger partial charge in [-0.1, -0.05) is 6.07 Å². The first-order valence-electron chi connectivity index (χ1n) is 5.07. The lowest BCUT2D eigenvalue weighted by Gasteiger charge is -2.23. The number of aryl methyl sites for hydroxylation is 1. The highest BCUT2D eigenvalue weighted by Gasteiger charge is 2.27. The van der Waals surface area contributed by atoms with Crippen molar-refractivity contribution in [1.82, 2.24) is 0 Å². The van der Waals surface area contributed by atoms with Gasteiger partial charge >= 0.3 is 0 Å². The monoisotopic (exact) mass is 237 g/mol. The number of carbonyl (C=O) groups is 1. The van der Waals surface area contributed by atoms with Crippen LogP contribution in [0.25, 0.3) is 0 Å². The lowest BCUT2D eigenvalue weighted by atomic mass is 10.0. The largest absolute Gasteiger partial charge is 0.368 e. The number of nitro groups is 1. The van der Waals surface area contributed by atoms with Crippen LogP contribution in [-0.4, -0.2) is 16.4 Å². The van der Waals surface area contributed by atoms with Crippen molar-refractivity contribution in [3.05, 3.63) is 33.9 Å². The Bertz CT molecular complexity index is 469. The molecule has 0 aliphatic heterocycles. The summed E-state index contributed by atoms with van der Waals surface area (Å²) in [5.74, 6) is -0.577. The summed E-state index contributed by atoms with van der Waals surface area (Å²) >= 11 is 0. The van der Waals surface area contributed by atoms with Crippen molar-refractivity contribution in [2.24, 2.45) is 5.73 Å². The molecule has 1 aromatic rings. The molecule has 6 heteroatoms. The molecule has 1 amide bonds. The maximum atomic E-state index is 11.2. The lowest BCUT2D eigenvalue weighted by Crippen LogP contribution is -2.45. The van der Waals surface area contributed by atoms with Crippen molar-refractivity contribution in [3.8, 4) is 0 Å². The van der Waals surface area contributed by atoms with E-state index in [1.807, 2.05) is 0 Å². The van der Waals surface area contributed by atoms with Gasteiger partial charge in [0.2, 0.25) is 5.91 Å². The predicted molar refractivity (Wildman–Crippen MR) is 64.7 cm³/mol. The minimum atomic E-state index is -1.04. The third-order valence-electron chi connectivity index (χ3n) is 2.41. The molecule has 92 valence electrons. The Hall–Kier alpha value is -2.11. The van der Waals surface area contributed by atoms with Crippen LogP contribution < -0.4 is 11.1 Å². The number of hydrogen-bond donors (Lipinski definition) is 2. The summed E-state index contributed by atoms with van der Waals surface area (Å²) in [4.78, 5) is 21.5. The molecule has 6 nitrogen and oxygen atoms in total. The van der Waals surface area contributed by atoms with Crippen LogP contribution in [0, 0.1) is 17.0 Å². The molecule has 0 aliphatic carbocycles. The molecule has 0 fully saturated rings. The Labute approximate surface area is 99.0 Å². The smallest absolute Gasteiger partial charge is 0.292 e. The van der Waals surface area contributed by atoms with Crippen molar-refractivity contribution in [3.63, 3.8) is 0 Å². The molecule has 1 aromatic carbocycles. The van der Waals surface area contributed by atoms with Crippen molar-refractivity contribution in [1.29, 1.82) is 0 Å². The second-order valence-electron chi connectivity index (χ2n) is 4.39. The molecular weight excluding hydrogens is 222 g/mol. The van der Waals surface area contributed by atoms with Gasteiger partial charge in [-0.25, -0.2) is 0 Å². The molecule has 0 aromatic heterocycles. The number of nitrogens with one attached hydrogen (secondary N) is 1. The molecule has 0 unspecified atom stereocenters. The first-order chi connectivity index (χ1) is 7.74. The topological polar surface area (TPSA) is 98.3 Å². The lowest BCUT2D eigenvalue weighted by molar-refractivity contribution is -0.384. The van der Waals surface area contributed by atoms with E-state index in [1.165, 1.54) is 6.07 Å². The van der Waals surface area contributed by atoms with Gasteiger partial charge in [-0.05, 0) is 32.4 Å². The number of nitrogens with zero attached hydrogens (tertiary/aromatic N) is 1. The molecule has 17 heavy (non-hydrogen) atoms. The van der Waals surface area contributed by atoms with E-state index in [0.717, 1.165) is 5.56 Å². The van der Waals surface area contributed by atoms with Crippen LogP contribution in [0.4, 0.5) is 11.4 Å². The molecule has 0 radical (unpaired) electrons. The Morgan fingerprint density at radius 1 is 1.47 bits per heavy atom. The number of carbonyl (C=O) groups excluding carboxylic acids is 1. The normalized spacial score (nSPS) is 11.0. The van der Waals surface area contributed by atoms with E-state index < -0.39 is 16.4 Å². The summed E-state index contributed by atoms with van der Waals surface area (Å²) in [7, 11) is 0. The number of nitro benzene ring substituents is 1. The Morgan fingerprint density at radius 2 is 2.06 bits per heavy atom. The minimum Gasteiger partial charge on any atom is -0.368 e. The fourth-order valence-corrected chi connectivity index (χ4v) is 1.30. The Kier molecular flexibility index (Phi) is 3.36. The summed E-state index contributed by atoms with van der Waals surface area (Å²) in [6.45, 7) is 4.90. The molecule has 0 aliphatic rings. The van der Waals surface area contributed by atoms with E-state index in [1.54, 1.807) is 32.9 Å². The summed E-state index contributed by atoms with van der Waals surface area (Å²) in [5, 5.41) is 13.7. The standard InChI is InChI=1S/C11H15N3O3/c1-7-4-5-8(9(6-7)14(16)17)13-11(2,3)10(12)15/h4-6,13H,1-3H3,(H2,12,15).